The first kappa shape index (κ1) is 18.9. The van der Waals surface area contributed by atoms with Crippen molar-refractivity contribution in [1.82, 2.24) is 10.2 Å². The van der Waals surface area contributed by atoms with Crippen LogP contribution >= 0.6 is 12.4 Å². The van der Waals surface area contributed by atoms with Crippen molar-refractivity contribution in [2.45, 2.75) is 20.3 Å². The highest BCUT2D eigenvalue weighted by molar-refractivity contribution is 5.95. The Morgan fingerprint density at radius 2 is 1.88 bits per heavy atom. The number of hydrogen-bond acceptors (Lipinski definition) is 4. The zero-order valence-electron chi connectivity index (χ0n) is 14.4. The van der Waals surface area contributed by atoms with Gasteiger partial charge in [-0.3, -0.25) is 4.79 Å². The number of piperidine rings is 1. The number of nitrogens with zero attached hydrogens (tertiary/aromatic N) is 1. The number of fused-ring (bicyclic) bond motifs is 1. The van der Waals surface area contributed by atoms with Crippen LogP contribution in [0, 0.1) is 11.8 Å². The Morgan fingerprint density at radius 3 is 2.62 bits per heavy atom. The van der Waals surface area contributed by atoms with E-state index in [9.17, 15) is 4.79 Å². The lowest BCUT2D eigenvalue weighted by molar-refractivity contribution is 0.0642. The summed E-state index contributed by atoms with van der Waals surface area (Å²) in [7, 11) is 0. The molecule has 0 radical (unpaired) electrons. The van der Waals surface area contributed by atoms with Gasteiger partial charge >= 0.3 is 0 Å². The zero-order valence-corrected chi connectivity index (χ0v) is 15.2. The third kappa shape index (κ3) is 3.95. The maximum Gasteiger partial charge on any atom is 0.254 e. The fourth-order valence-corrected chi connectivity index (χ4v) is 3.59. The molecule has 1 aromatic rings. The Morgan fingerprint density at radius 1 is 1.17 bits per heavy atom. The van der Waals surface area contributed by atoms with Gasteiger partial charge in [-0.1, -0.05) is 0 Å². The fraction of sp³-hybridized carbons (Fsp3) is 0.611. The summed E-state index contributed by atoms with van der Waals surface area (Å²) in [6, 6.07) is 5.50. The summed E-state index contributed by atoms with van der Waals surface area (Å²) in [5.74, 6) is 2.78. The van der Waals surface area contributed by atoms with E-state index < -0.39 is 0 Å². The predicted molar refractivity (Wildman–Crippen MR) is 96.4 cm³/mol. The average Bonchev–Trinajstić information content (AvgIpc) is 3.04. The SMILES string of the molecule is CCOc1ccc(C(=O)N2CCC3CNCC3C2)cc1OCC.Cl. The summed E-state index contributed by atoms with van der Waals surface area (Å²) >= 11 is 0. The number of ether oxygens (including phenoxy) is 2. The van der Waals surface area contributed by atoms with E-state index in [1.165, 1.54) is 0 Å². The van der Waals surface area contributed by atoms with Gasteiger partial charge in [0.25, 0.3) is 5.91 Å². The second kappa shape index (κ2) is 8.58. The van der Waals surface area contributed by atoms with Crippen LogP contribution in [0.25, 0.3) is 0 Å². The molecule has 1 aromatic carbocycles. The summed E-state index contributed by atoms with van der Waals surface area (Å²) in [6.45, 7) is 8.84. The first-order valence-corrected chi connectivity index (χ1v) is 8.62. The number of halogens is 1. The van der Waals surface area contributed by atoms with Crippen LogP contribution in [-0.2, 0) is 0 Å². The lowest BCUT2D eigenvalue weighted by Gasteiger charge is -2.34. The Labute approximate surface area is 150 Å². The smallest absolute Gasteiger partial charge is 0.254 e. The van der Waals surface area contributed by atoms with E-state index in [0.717, 1.165) is 38.5 Å². The zero-order chi connectivity index (χ0) is 16.2. The van der Waals surface area contributed by atoms with Gasteiger partial charge in [-0.2, -0.15) is 0 Å². The van der Waals surface area contributed by atoms with E-state index in [0.29, 0.717) is 36.2 Å². The number of hydrogen-bond donors (Lipinski definition) is 1. The highest BCUT2D eigenvalue weighted by Crippen LogP contribution is 2.31. The normalized spacial score (nSPS) is 22.5. The van der Waals surface area contributed by atoms with Crippen molar-refractivity contribution in [2.24, 2.45) is 11.8 Å². The number of rotatable bonds is 5. The van der Waals surface area contributed by atoms with Gasteiger partial charge < -0.3 is 19.7 Å². The molecule has 134 valence electrons. The highest BCUT2D eigenvalue weighted by atomic mass is 35.5. The highest BCUT2D eigenvalue weighted by Gasteiger charge is 2.34. The van der Waals surface area contributed by atoms with E-state index in [-0.39, 0.29) is 18.3 Å². The molecular weight excluding hydrogens is 328 g/mol. The van der Waals surface area contributed by atoms with E-state index in [2.05, 4.69) is 5.32 Å². The molecule has 2 saturated heterocycles. The van der Waals surface area contributed by atoms with Crippen molar-refractivity contribution in [3.05, 3.63) is 23.8 Å². The molecule has 2 aliphatic rings. The van der Waals surface area contributed by atoms with Gasteiger partial charge in [-0.15, -0.1) is 12.4 Å². The Hall–Kier alpha value is -1.46. The first-order valence-electron chi connectivity index (χ1n) is 8.62. The standard InChI is InChI=1S/C18H26N2O3.ClH/c1-3-22-16-6-5-13(9-17(16)23-4-2)18(21)20-8-7-14-10-19-11-15(14)12-20;/h5-6,9,14-15,19H,3-4,7-8,10-12H2,1-2H3;1H. The molecule has 2 fully saturated rings. The van der Waals surface area contributed by atoms with Crippen molar-refractivity contribution in [1.29, 1.82) is 0 Å². The molecule has 0 bridgehead atoms. The van der Waals surface area contributed by atoms with Crippen LogP contribution in [0.5, 0.6) is 11.5 Å². The molecular formula is C18H27ClN2O3. The quantitative estimate of drug-likeness (QED) is 0.883. The number of carbonyl (C=O) groups excluding carboxylic acids is 1. The topological polar surface area (TPSA) is 50.8 Å². The van der Waals surface area contributed by atoms with E-state index in [1.807, 2.05) is 36.9 Å². The van der Waals surface area contributed by atoms with E-state index >= 15 is 0 Å². The van der Waals surface area contributed by atoms with Gasteiger partial charge in [0.15, 0.2) is 11.5 Å². The Bertz CT molecular complexity index is 567. The van der Waals surface area contributed by atoms with Gasteiger partial charge in [0, 0.05) is 18.7 Å². The first-order chi connectivity index (χ1) is 11.2. The minimum absolute atomic E-state index is 0. The van der Waals surface area contributed by atoms with Crippen molar-refractivity contribution in [3.8, 4) is 11.5 Å². The van der Waals surface area contributed by atoms with Crippen LogP contribution in [0.1, 0.15) is 30.6 Å². The van der Waals surface area contributed by atoms with Crippen LogP contribution in [0.4, 0.5) is 0 Å². The molecule has 2 heterocycles. The second-order valence-corrected chi connectivity index (χ2v) is 6.25. The molecule has 2 unspecified atom stereocenters. The maximum absolute atomic E-state index is 12.8. The molecule has 6 heteroatoms. The minimum Gasteiger partial charge on any atom is -0.490 e. The van der Waals surface area contributed by atoms with Crippen molar-refractivity contribution in [3.63, 3.8) is 0 Å². The van der Waals surface area contributed by atoms with Gasteiger partial charge in [-0.25, -0.2) is 0 Å². The number of nitrogens with one attached hydrogen (secondary N) is 1. The average molecular weight is 355 g/mol. The summed E-state index contributed by atoms with van der Waals surface area (Å²) in [5.41, 5.74) is 0.682. The van der Waals surface area contributed by atoms with Crippen LogP contribution < -0.4 is 14.8 Å². The molecule has 0 spiro atoms. The number of carbonyl (C=O) groups is 1. The van der Waals surface area contributed by atoms with Crippen LogP contribution in [0.2, 0.25) is 0 Å². The van der Waals surface area contributed by atoms with Crippen LogP contribution in [0.3, 0.4) is 0 Å². The van der Waals surface area contributed by atoms with Gasteiger partial charge in [-0.05, 0) is 63.4 Å². The number of likely N-dealkylation sites (tertiary alicyclic amines) is 1. The second-order valence-electron chi connectivity index (χ2n) is 6.25. The van der Waals surface area contributed by atoms with Crippen molar-refractivity contribution in [2.75, 3.05) is 39.4 Å². The molecule has 1 N–H and O–H groups in total. The third-order valence-electron chi connectivity index (χ3n) is 4.78. The van der Waals surface area contributed by atoms with Crippen molar-refractivity contribution >= 4 is 18.3 Å². The van der Waals surface area contributed by atoms with E-state index in [4.69, 9.17) is 9.47 Å². The van der Waals surface area contributed by atoms with Gasteiger partial charge in [0.05, 0.1) is 13.2 Å². The lowest BCUT2D eigenvalue weighted by atomic mass is 9.88. The molecule has 2 aliphatic heterocycles. The van der Waals surface area contributed by atoms with Crippen LogP contribution in [-0.4, -0.2) is 50.2 Å². The summed E-state index contributed by atoms with van der Waals surface area (Å²) in [4.78, 5) is 14.8. The largest absolute Gasteiger partial charge is 0.490 e. The molecule has 0 saturated carbocycles. The summed E-state index contributed by atoms with van der Waals surface area (Å²) in [6.07, 6.45) is 1.10. The molecule has 3 rings (SSSR count). The molecule has 5 nitrogen and oxygen atoms in total. The molecule has 1 amide bonds. The van der Waals surface area contributed by atoms with Gasteiger partial charge in [0.2, 0.25) is 0 Å². The minimum atomic E-state index is 0. The molecule has 0 aromatic heterocycles. The third-order valence-corrected chi connectivity index (χ3v) is 4.78. The molecule has 0 aliphatic carbocycles. The molecule has 24 heavy (non-hydrogen) atoms. The number of amides is 1. The Kier molecular flexibility index (Phi) is 6.75. The van der Waals surface area contributed by atoms with Crippen LogP contribution in [0.15, 0.2) is 18.2 Å². The van der Waals surface area contributed by atoms with Gasteiger partial charge in [0.1, 0.15) is 0 Å². The monoisotopic (exact) mass is 354 g/mol. The molecule has 2 atom stereocenters. The summed E-state index contributed by atoms with van der Waals surface area (Å²) in [5, 5.41) is 3.44. The lowest BCUT2D eigenvalue weighted by Crippen LogP contribution is -2.43. The fourth-order valence-electron chi connectivity index (χ4n) is 3.59. The van der Waals surface area contributed by atoms with E-state index in [1.54, 1.807) is 0 Å². The Balaban J connectivity index is 0.00000208. The van der Waals surface area contributed by atoms with Crippen molar-refractivity contribution < 1.29 is 14.3 Å². The number of benzene rings is 1. The predicted octanol–water partition coefficient (Wildman–Crippen LogP) is 2.59. The maximum atomic E-state index is 12.8. The summed E-state index contributed by atoms with van der Waals surface area (Å²) < 4.78 is 11.2.